The molecule has 1 amide bonds. The topological polar surface area (TPSA) is 84.2 Å². The van der Waals surface area contributed by atoms with Crippen LogP contribution in [0, 0.1) is 11.3 Å². The van der Waals surface area contributed by atoms with Crippen LogP contribution in [0.4, 0.5) is 5.69 Å². The number of rotatable bonds is 6. The molecule has 6 nitrogen and oxygen atoms in total. The largest absolute Gasteiger partial charge is 0.490 e. The van der Waals surface area contributed by atoms with Crippen molar-refractivity contribution in [2.45, 2.75) is 20.0 Å². The summed E-state index contributed by atoms with van der Waals surface area (Å²) in [6.07, 6.45) is 0.733. The minimum absolute atomic E-state index is 0.200. The van der Waals surface area contributed by atoms with E-state index in [1.165, 1.54) is 6.20 Å². The van der Waals surface area contributed by atoms with Gasteiger partial charge in [-0.15, -0.1) is 0 Å². The molecule has 0 unspecified atom stereocenters. The quantitative estimate of drug-likeness (QED) is 0.811. The molecule has 0 fully saturated rings. The predicted molar refractivity (Wildman–Crippen MR) is 90.3 cm³/mol. The van der Waals surface area contributed by atoms with Crippen LogP contribution in [-0.4, -0.2) is 23.6 Å². The second kappa shape index (κ2) is 8.18. The van der Waals surface area contributed by atoms with Crippen molar-refractivity contribution in [1.82, 2.24) is 4.98 Å². The number of carbonyl (C=O) groups excluding carboxylic acids is 1. The minimum atomic E-state index is -0.798. The van der Waals surface area contributed by atoms with E-state index in [2.05, 4.69) is 10.3 Å². The summed E-state index contributed by atoms with van der Waals surface area (Å²) in [6.45, 7) is 3.84. The highest BCUT2D eigenvalue weighted by molar-refractivity contribution is 6.32. The Morgan fingerprint density at radius 3 is 2.88 bits per heavy atom. The number of benzene rings is 1. The Morgan fingerprint density at radius 2 is 2.21 bits per heavy atom. The fourth-order valence-electron chi connectivity index (χ4n) is 1.90. The van der Waals surface area contributed by atoms with Crippen molar-refractivity contribution in [3.05, 3.63) is 47.2 Å². The lowest BCUT2D eigenvalue weighted by molar-refractivity contribution is -0.122. The Morgan fingerprint density at radius 1 is 1.42 bits per heavy atom. The van der Waals surface area contributed by atoms with E-state index in [9.17, 15) is 4.79 Å². The van der Waals surface area contributed by atoms with Crippen molar-refractivity contribution >= 4 is 23.2 Å². The van der Waals surface area contributed by atoms with Gasteiger partial charge in [0.2, 0.25) is 0 Å². The molecule has 1 N–H and O–H groups in total. The van der Waals surface area contributed by atoms with Gasteiger partial charge in [0, 0.05) is 12.3 Å². The van der Waals surface area contributed by atoms with E-state index in [1.807, 2.05) is 13.0 Å². The Kier molecular flexibility index (Phi) is 5.99. The Labute approximate surface area is 145 Å². The molecule has 124 valence electrons. The fourth-order valence-corrected chi connectivity index (χ4v) is 2.07. The summed E-state index contributed by atoms with van der Waals surface area (Å²) >= 11 is 5.92. The molecule has 1 atom stereocenters. The first kappa shape index (κ1) is 17.6. The van der Waals surface area contributed by atoms with E-state index >= 15 is 0 Å². The molecule has 1 aromatic carbocycles. The summed E-state index contributed by atoms with van der Waals surface area (Å²) in [5.74, 6) is 0.420. The molecule has 24 heavy (non-hydrogen) atoms. The van der Waals surface area contributed by atoms with Crippen LogP contribution in [0.3, 0.4) is 0 Å². The number of hydrogen-bond donors (Lipinski definition) is 1. The van der Waals surface area contributed by atoms with Gasteiger partial charge in [0.25, 0.3) is 5.91 Å². The van der Waals surface area contributed by atoms with Gasteiger partial charge in [-0.3, -0.25) is 4.79 Å². The number of ether oxygens (including phenoxy) is 2. The predicted octanol–water partition coefficient (Wildman–Crippen LogP) is 3.41. The molecular formula is C17H16ClN3O3. The highest BCUT2D eigenvalue weighted by Gasteiger charge is 2.18. The highest BCUT2D eigenvalue weighted by Crippen LogP contribution is 2.29. The number of amides is 1. The number of aromatic nitrogens is 1. The SMILES string of the molecule is CCOc1cc(C#N)ccc1O[C@@H](C)C(=O)Nc1cccnc1Cl. The Hall–Kier alpha value is -2.78. The first-order valence-electron chi connectivity index (χ1n) is 7.30. The maximum Gasteiger partial charge on any atom is 0.265 e. The summed E-state index contributed by atoms with van der Waals surface area (Å²) in [5, 5.41) is 11.8. The van der Waals surface area contributed by atoms with Crippen molar-refractivity contribution in [2.24, 2.45) is 0 Å². The lowest BCUT2D eigenvalue weighted by Gasteiger charge is -2.17. The van der Waals surface area contributed by atoms with Gasteiger partial charge >= 0.3 is 0 Å². The summed E-state index contributed by atoms with van der Waals surface area (Å²) in [5.41, 5.74) is 0.856. The maximum absolute atomic E-state index is 12.2. The molecule has 7 heteroatoms. The fraction of sp³-hybridized carbons (Fsp3) is 0.235. The Balaban J connectivity index is 2.11. The number of carbonyl (C=O) groups is 1. The molecule has 2 aromatic rings. The molecule has 0 saturated carbocycles. The first-order valence-corrected chi connectivity index (χ1v) is 7.68. The zero-order valence-corrected chi connectivity index (χ0v) is 14.0. The summed E-state index contributed by atoms with van der Waals surface area (Å²) in [4.78, 5) is 16.1. The second-order valence-corrected chi connectivity index (χ2v) is 5.16. The van der Waals surface area contributed by atoms with E-state index in [4.69, 9.17) is 26.3 Å². The van der Waals surface area contributed by atoms with E-state index in [-0.39, 0.29) is 11.1 Å². The summed E-state index contributed by atoms with van der Waals surface area (Å²) < 4.78 is 11.1. The zero-order chi connectivity index (χ0) is 17.5. The van der Waals surface area contributed by atoms with Crippen LogP contribution < -0.4 is 14.8 Å². The van der Waals surface area contributed by atoms with Crippen LogP contribution in [0.5, 0.6) is 11.5 Å². The normalized spacial score (nSPS) is 11.2. The van der Waals surface area contributed by atoms with Crippen LogP contribution in [-0.2, 0) is 4.79 Å². The minimum Gasteiger partial charge on any atom is -0.490 e. The molecular weight excluding hydrogens is 330 g/mol. The summed E-state index contributed by atoms with van der Waals surface area (Å²) in [6, 6.07) is 10.1. The molecule has 1 heterocycles. The third-order valence-corrected chi connectivity index (χ3v) is 3.36. The average molecular weight is 346 g/mol. The van der Waals surface area contributed by atoms with Gasteiger partial charge in [0.15, 0.2) is 22.8 Å². The van der Waals surface area contributed by atoms with Crippen molar-refractivity contribution < 1.29 is 14.3 Å². The molecule has 0 spiro atoms. The van der Waals surface area contributed by atoms with Gasteiger partial charge < -0.3 is 14.8 Å². The van der Waals surface area contributed by atoms with Gasteiger partial charge in [-0.25, -0.2) is 4.98 Å². The van der Waals surface area contributed by atoms with E-state index < -0.39 is 6.10 Å². The van der Waals surface area contributed by atoms with Crippen molar-refractivity contribution in [3.8, 4) is 17.6 Å². The van der Waals surface area contributed by atoms with E-state index in [0.717, 1.165) is 0 Å². The molecule has 1 aromatic heterocycles. The van der Waals surface area contributed by atoms with Crippen LogP contribution in [0.15, 0.2) is 36.5 Å². The molecule has 0 aliphatic rings. The smallest absolute Gasteiger partial charge is 0.265 e. The van der Waals surface area contributed by atoms with Crippen molar-refractivity contribution in [2.75, 3.05) is 11.9 Å². The second-order valence-electron chi connectivity index (χ2n) is 4.80. The highest BCUT2D eigenvalue weighted by atomic mass is 35.5. The zero-order valence-electron chi connectivity index (χ0n) is 13.2. The number of anilines is 1. The first-order chi connectivity index (χ1) is 11.5. The number of nitrogens with one attached hydrogen (secondary N) is 1. The van der Waals surface area contributed by atoms with E-state index in [0.29, 0.717) is 29.4 Å². The van der Waals surface area contributed by atoms with Crippen molar-refractivity contribution in [3.63, 3.8) is 0 Å². The monoisotopic (exact) mass is 345 g/mol. The van der Waals surface area contributed by atoms with Crippen molar-refractivity contribution in [1.29, 1.82) is 5.26 Å². The van der Waals surface area contributed by atoms with E-state index in [1.54, 1.807) is 37.3 Å². The third kappa shape index (κ3) is 4.37. The number of nitrogens with zero attached hydrogens (tertiary/aromatic N) is 2. The number of hydrogen-bond acceptors (Lipinski definition) is 5. The average Bonchev–Trinajstić information content (AvgIpc) is 2.58. The van der Waals surface area contributed by atoms with Crippen LogP contribution >= 0.6 is 11.6 Å². The number of nitriles is 1. The van der Waals surface area contributed by atoms with Crippen LogP contribution in [0.1, 0.15) is 19.4 Å². The standard InChI is InChI=1S/C17H16ClN3O3/c1-3-23-15-9-12(10-19)6-7-14(15)24-11(2)17(22)21-13-5-4-8-20-16(13)18/h4-9,11H,3H2,1-2H3,(H,21,22)/t11-/m0/s1. The molecule has 2 rings (SSSR count). The van der Waals surface area contributed by atoms with Gasteiger partial charge in [-0.1, -0.05) is 11.6 Å². The lowest BCUT2D eigenvalue weighted by Crippen LogP contribution is -2.30. The number of pyridine rings is 1. The maximum atomic E-state index is 12.2. The molecule has 0 radical (unpaired) electrons. The van der Waals surface area contributed by atoms with Crippen LogP contribution in [0.25, 0.3) is 0 Å². The van der Waals surface area contributed by atoms with Gasteiger partial charge in [0.1, 0.15) is 0 Å². The lowest BCUT2D eigenvalue weighted by atomic mass is 10.2. The van der Waals surface area contributed by atoms with Crippen LogP contribution in [0.2, 0.25) is 5.15 Å². The van der Waals surface area contributed by atoms with Gasteiger partial charge in [-0.2, -0.15) is 5.26 Å². The number of halogens is 1. The molecule has 0 aliphatic heterocycles. The molecule has 0 bridgehead atoms. The molecule has 0 saturated heterocycles. The molecule has 0 aliphatic carbocycles. The van der Waals surface area contributed by atoms with Gasteiger partial charge in [0.05, 0.1) is 23.9 Å². The summed E-state index contributed by atoms with van der Waals surface area (Å²) in [7, 11) is 0. The third-order valence-electron chi connectivity index (χ3n) is 3.06. The Bertz CT molecular complexity index is 774. The van der Waals surface area contributed by atoms with Gasteiger partial charge in [-0.05, 0) is 38.1 Å².